The summed E-state index contributed by atoms with van der Waals surface area (Å²) in [5, 5.41) is 1.56. The first-order chi connectivity index (χ1) is 13.5. The highest BCUT2D eigenvalue weighted by Crippen LogP contribution is 2.27. The number of carbonyl (C=O) groups is 1. The van der Waals surface area contributed by atoms with E-state index in [1.54, 1.807) is 18.0 Å². The maximum absolute atomic E-state index is 13.8. The van der Waals surface area contributed by atoms with Gasteiger partial charge in [-0.15, -0.1) is 0 Å². The first-order valence-corrected chi connectivity index (χ1v) is 10.6. The van der Waals surface area contributed by atoms with Gasteiger partial charge in [0.05, 0.1) is 0 Å². The maximum Gasteiger partial charge on any atom is 0.193 e. The molecule has 0 atom stereocenters. The maximum atomic E-state index is 13.8. The molecule has 4 heteroatoms. The second-order valence-electron chi connectivity index (χ2n) is 6.83. The van der Waals surface area contributed by atoms with Crippen molar-refractivity contribution in [3.63, 3.8) is 0 Å². The largest absolute Gasteiger partial charge is 0.289 e. The van der Waals surface area contributed by atoms with Gasteiger partial charge in [-0.2, -0.15) is 0 Å². The van der Waals surface area contributed by atoms with Crippen molar-refractivity contribution in [3.8, 4) is 0 Å². The Morgan fingerprint density at radius 1 is 1.00 bits per heavy atom. The van der Waals surface area contributed by atoms with E-state index in [1.807, 2.05) is 36.4 Å². The van der Waals surface area contributed by atoms with Crippen molar-refractivity contribution in [1.82, 2.24) is 4.31 Å². The van der Waals surface area contributed by atoms with Crippen molar-refractivity contribution in [3.05, 3.63) is 77.1 Å². The first kappa shape index (κ1) is 20.6. The van der Waals surface area contributed by atoms with Crippen LogP contribution in [0.1, 0.15) is 48.7 Å². The van der Waals surface area contributed by atoms with Crippen molar-refractivity contribution < 1.29 is 9.18 Å². The summed E-state index contributed by atoms with van der Waals surface area (Å²) in [4.78, 5) is 14.3. The van der Waals surface area contributed by atoms with Crippen LogP contribution in [0.25, 0.3) is 10.8 Å². The highest BCUT2D eigenvalue weighted by atomic mass is 32.2. The molecule has 0 aliphatic rings. The van der Waals surface area contributed by atoms with Gasteiger partial charge >= 0.3 is 0 Å². The van der Waals surface area contributed by atoms with Crippen molar-refractivity contribution in [2.45, 2.75) is 38.5 Å². The van der Waals surface area contributed by atoms with Gasteiger partial charge in [-0.1, -0.05) is 32.9 Å². The van der Waals surface area contributed by atoms with E-state index in [0.29, 0.717) is 16.5 Å². The van der Waals surface area contributed by atoms with Gasteiger partial charge in [0.2, 0.25) is 0 Å². The molecule has 0 unspecified atom stereocenters. The van der Waals surface area contributed by atoms with Gasteiger partial charge in [0.15, 0.2) is 5.78 Å². The van der Waals surface area contributed by atoms with E-state index < -0.39 is 0 Å². The van der Waals surface area contributed by atoms with Crippen molar-refractivity contribution >= 4 is 28.5 Å². The molecule has 0 N–H and O–H groups in total. The van der Waals surface area contributed by atoms with Gasteiger partial charge in [0, 0.05) is 29.1 Å². The van der Waals surface area contributed by atoms with E-state index in [0.717, 1.165) is 41.8 Å². The summed E-state index contributed by atoms with van der Waals surface area (Å²) in [6, 6.07) is 16.3. The van der Waals surface area contributed by atoms with Crippen LogP contribution >= 0.6 is 11.9 Å². The summed E-state index contributed by atoms with van der Waals surface area (Å²) in [5.41, 5.74) is 2.27. The Kier molecular flexibility index (Phi) is 6.87. The zero-order chi connectivity index (χ0) is 20.1. The molecule has 0 aliphatic heterocycles. The third kappa shape index (κ3) is 4.62. The lowest BCUT2D eigenvalue weighted by Gasteiger charge is -2.18. The van der Waals surface area contributed by atoms with Gasteiger partial charge in [0.1, 0.15) is 5.82 Å². The van der Waals surface area contributed by atoms with Gasteiger partial charge in [-0.25, -0.2) is 8.70 Å². The number of aryl methyl sites for hydroxylation is 1. The Hall–Kier alpha value is -2.17. The number of hydrogen-bond donors (Lipinski definition) is 0. The molecule has 0 spiro atoms. The predicted molar refractivity (Wildman–Crippen MR) is 117 cm³/mol. The van der Waals surface area contributed by atoms with Gasteiger partial charge in [-0.3, -0.25) is 4.79 Å². The Morgan fingerprint density at radius 2 is 1.75 bits per heavy atom. The third-order valence-corrected chi connectivity index (χ3v) is 5.99. The lowest BCUT2D eigenvalue weighted by atomic mass is 9.94. The molecule has 0 saturated heterocycles. The Morgan fingerprint density at radius 3 is 2.39 bits per heavy atom. The van der Waals surface area contributed by atoms with Crippen LogP contribution in [0.2, 0.25) is 0 Å². The molecule has 0 saturated carbocycles. The monoisotopic (exact) mass is 395 g/mol. The molecule has 0 bridgehead atoms. The molecule has 0 amide bonds. The molecule has 28 heavy (non-hydrogen) atoms. The van der Waals surface area contributed by atoms with Crippen molar-refractivity contribution in [1.29, 1.82) is 0 Å². The lowest BCUT2D eigenvalue weighted by molar-refractivity contribution is 0.104. The molecule has 0 aromatic heterocycles. The van der Waals surface area contributed by atoms with Crippen LogP contribution in [0.4, 0.5) is 4.39 Å². The fraction of sp³-hybridized carbons (Fsp3) is 0.292. The molecule has 0 heterocycles. The van der Waals surface area contributed by atoms with E-state index in [-0.39, 0.29) is 11.6 Å². The molecule has 0 fully saturated rings. The minimum atomic E-state index is -0.326. The highest BCUT2D eigenvalue weighted by molar-refractivity contribution is 7.97. The van der Waals surface area contributed by atoms with Crippen LogP contribution in [0.5, 0.6) is 0 Å². The average Bonchev–Trinajstić information content (AvgIpc) is 2.72. The highest BCUT2D eigenvalue weighted by Gasteiger charge is 2.15. The zero-order valence-corrected chi connectivity index (χ0v) is 17.5. The molecule has 146 valence electrons. The Balaban J connectivity index is 1.92. The van der Waals surface area contributed by atoms with Gasteiger partial charge < -0.3 is 0 Å². The second-order valence-corrected chi connectivity index (χ2v) is 8.00. The molecule has 3 aromatic carbocycles. The van der Waals surface area contributed by atoms with Crippen LogP contribution in [0.3, 0.4) is 0 Å². The second kappa shape index (κ2) is 9.35. The van der Waals surface area contributed by atoms with Crippen LogP contribution in [-0.2, 0) is 6.42 Å². The molecule has 2 nitrogen and oxygen atoms in total. The Labute approximate surface area is 170 Å². The van der Waals surface area contributed by atoms with Crippen LogP contribution < -0.4 is 0 Å². The van der Waals surface area contributed by atoms with E-state index in [4.69, 9.17) is 0 Å². The lowest BCUT2D eigenvalue weighted by Crippen LogP contribution is -2.15. The third-order valence-electron chi connectivity index (χ3n) is 4.81. The van der Waals surface area contributed by atoms with Crippen molar-refractivity contribution in [2.24, 2.45) is 0 Å². The molecular formula is C24H26FNOS. The smallest absolute Gasteiger partial charge is 0.193 e. The predicted octanol–water partition coefficient (Wildman–Crippen LogP) is 6.51. The molecule has 3 rings (SSSR count). The quantitative estimate of drug-likeness (QED) is 0.320. The minimum absolute atomic E-state index is 0.0663. The first-order valence-electron chi connectivity index (χ1n) is 9.85. The Bertz CT molecular complexity index is 968. The number of carbonyl (C=O) groups excluding carboxylic acids is 1. The van der Waals surface area contributed by atoms with E-state index in [1.165, 1.54) is 12.1 Å². The average molecular weight is 396 g/mol. The molecule has 0 radical (unpaired) electrons. The van der Waals surface area contributed by atoms with E-state index >= 15 is 0 Å². The van der Waals surface area contributed by atoms with E-state index in [9.17, 15) is 9.18 Å². The number of ketones is 1. The number of benzene rings is 3. The van der Waals surface area contributed by atoms with Gasteiger partial charge in [0.25, 0.3) is 0 Å². The summed E-state index contributed by atoms with van der Waals surface area (Å²) in [7, 11) is 0. The number of rotatable bonds is 8. The summed E-state index contributed by atoms with van der Waals surface area (Å²) >= 11 is 1.71. The number of fused-ring (bicyclic) bond motifs is 1. The summed E-state index contributed by atoms with van der Waals surface area (Å²) in [6.07, 6.45) is 1.93. The topological polar surface area (TPSA) is 20.3 Å². The number of halogens is 1. The van der Waals surface area contributed by atoms with Crippen molar-refractivity contribution in [2.75, 3.05) is 13.1 Å². The SMILES string of the molecule is CCCN(CC)Sc1ccc(C(=O)c2cc(CC)cc3ccc(F)cc23)cc1. The van der Waals surface area contributed by atoms with E-state index in [2.05, 4.69) is 25.1 Å². The fourth-order valence-corrected chi connectivity index (χ4v) is 4.23. The van der Waals surface area contributed by atoms with Crippen LogP contribution in [-0.4, -0.2) is 23.2 Å². The van der Waals surface area contributed by atoms with Crippen LogP contribution in [0.15, 0.2) is 59.5 Å². The fourth-order valence-electron chi connectivity index (χ4n) is 3.27. The number of hydrogen-bond acceptors (Lipinski definition) is 3. The summed E-state index contributed by atoms with van der Waals surface area (Å²) < 4.78 is 16.1. The summed E-state index contributed by atoms with van der Waals surface area (Å²) in [5.74, 6) is -0.392. The van der Waals surface area contributed by atoms with Gasteiger partial charge in [-0.05, 0) is 83.6 Å². The normalized spacial score (nSPS) is 11.3. The minimum Gasteiger partial charge on any atom is -0.289 e. The molecule has 0 aliphatic carbocycles. The molecular weight excluding hydrogens is 369 g/mol. The summed E-state index contributed by atoms with van der Waals surface area (Å²) in [6.45, 7) is 8.37. The zero-order valence-electron chi connectivity index (χ0n) is 16.7. The standard InChI is InChI=1S/C24H26FNOS/c1-4-13-26(6-3)28-21-11-8-18(9-12-21)24(27)23-15-17(5-2)14-19-7-10-20(25)16-22(19)23/h7-12,14-16H,4-6,13H2,1-3H3. The molecule has 3 aromatic rings. The number of nitrogens with zero attached hydrogens (tertiary/aromatic N) is 1. The van der Waals surface area contributed by atoms with Crippen LogP contribution in [0, 0.1) is 5.82 Å².